The van der Waals surface area contributed by atoms with Gasteiger partial charge in [-0.2, -0.15) is 0 Å². The average molecular weight is 274 g/mol. The van der Waals surface area contributed by atoms with Crippen molar-refractivity contribution >= 4 is 11.4 Å². The van der Waals surface area contributed by atoms with Gasteiger partial charge in [0.1, 0.15) is 11.6 Å². The maximum absolute atomic E-state index is 13.1. The van der Waals surface area contributed by atoms with Gasteiger partial charge in [0.25, 0.3) is 0 Å². The van der Waals surface area contributed by atoms with Gasteiger partial charge in [0.15, 0.2) is 0 Å². The summed E-state index contributed by atoms with van der Waals surface area (Å²) in [6.45, 7) is 3.24. The molecule has 0 bridgehead atoms. The maximum Gasteiger partial charge on any atom is 0.123 e. The second-order valence-electron chi connectivity index (χ2n) is 4.42. The van der Waals surface area contributed by atoms with Crippen molar-refractivity contribution in [3.8, 4) is 5.75 Å². The molecule has 0 amide bonds. The van der Waals surface area contributed by atoms with Gasteiger partial charge in [-0.25, -0.2) is 4.39 Å². The van der Waals surface area contributed by atoms with Crippen LogP contribution < -0.4 is 15.4 Å². The predicted octanol–water partition coefficient (Wildman–Crippen LogP) is 3.45. The Morgan fingerprint density at radius 2 is 1.85 bits per heavy atom. The van der Waals surface area contributed by atoms with Crippen LogP contribution in [-0.2, 0) is 6.54 Å². The quantitative estimate of drug-likeness (QED) is 0.907. The molecular weight excluding hydrogens is 255 g/mol. The van der Waals surface area contributed by atoms with Gasteiger partial charge in [0.05, 0.1) is 7.11 Å². The SMILES string of the molecule is CCN(c1ccc(F)cc1)c1cc(OC)ccc1CN. The number of nitrogens with zero attached hydrogens (tertiary/aromatic N) is 1. The van der Waals surface area contributed by atoms with E-state index in [1.54, 1.807) is 19.2 Å². The summed E-state index contributed by atoms with van der Waals surface area (Å²) >= 11 is 0. The average Bonchev–Trinajstić information content (AvgIpc) is 2.49. The van der Waals surface area contributed by atoms with Crippen molar-refractivity contribution in [1.82, 2.24) is 0 Å². The van der Waals surface area contributed by atoms with Crippen LogP contribution in [0.1, 0.15) is 12.5 Å². The van der Waals surface area contributed by atoms with Crippen molar-refractivity contribution in [1.29, 1.82) is 0 Å². The Bertz CT molecular complexity index is 569. The number of hydrogen-bond acceptors (Lipinski definition) is 3. The Hall–Kier alpha value is -2.07. The number of hydrogen-bond donors (Lipinski definition) is 1. The highest BCUT2D eigenvalue weighted by Gasteiger charge is 2.12. The number of rotatable bonds is 5. The van der Waals surface area contributed by atoms with E-state index in [-0.39, 0.29) is 5.82 Å². The lowest BCUT2D eigenvalue weighted by atomic mass is 10.1. The first-order valence-electron chi connectivity index (χ1n) is 6.59. The normalized spacial score (nSPS) is 10.4. The van der Waals surface area contributed by atoms with E-state index in [0.717, 1.165) is 29.2 Å². The van der Waals surface area contributed by atoms with E-state index < -0.39 is 0 Å². The molecule has 0 saturated carbocycles. The molecule has 0 spiro atoms. The monoisotopic (exact) mass is 274 g/mol. The first kappa shape index (κ1) is 14.3. The van der Waals surface area contributed by atoms with Gasteiger partial charge >= 0.3 is 0 Å². The number of nitrogens with two attached hydrogens (primary N) is 1. The summed E-state index contributed by atoms with van der Waals surface area (Å²) in [7, 11) is 1.63. The van der Waals surface area contributed by atoms with Crippen molar-refractivity contribution in [2.45, 2.75) is 13.5 Å². The van der Waals surface area contributed by atoms with Gasteiger partial charge in [-0.05, 0) is 42.8 Å². The second kappa shape index (κ2) is 6.39. The van der Waals surface area contributed by atoms with Crippen molar-refractivity contribution in [3.05, 3.63) is 53.8 Å². The summed E-state index contributed by atoms with van der Waals surface area (Å²) in [6, 6.07) is 12.2. The fourth-order valence-electron chi connectivity index (χ4n) is 2.21. The molecule has 0 radical (unpaired) electrons. The van der Waals surface area contributed by atoms with Crippen LogP contribution in [0.4, 0.5) is 15.8 Å². The van der Waals surface area contributed by atoms with Crippen molar-refractivity contribution in [3.63, 3.8) is 0 Å². The Kier molecular flexibility index (Phi) is 4.58. The third-order valence-corrected chi connectivity index (χ3v) is 3.26. The van der Waals surface area contributed by atoms with Crippen LogP contribution in [0.3, 0.4) is 0 Å². The largest absolute Gasteiger partial charge is 0.497 e. The Morgan fingerprint density at radius 1 is 1.15 bits per heavy atom. The first-order chi connectivity index (χ1) is 9.69. The van der Waals surface area contributed by atoms with E-state index in [4.69, 9.17) is 10.5 Å². The highest BCUT2D eigenvalue weighted by molar-refractivity contribution is 5.68. The predicted molar refractivity (Wildman–Crippen MR) is 80.0 cm³/mol. The molecule has 0 fully saturated rings. The van der Waals surface area contributed by atoms with Crippen LogP contribution in [-0.4, -0.2) is 13.7 Å². The molecule has 0 aliphatic rings. The number of halogens is 1. The minimum absolute atomic E-state index is 0.241. The minimum Gasteiger partial charge on any atom is -0.497 e. The minimum atomic E-state index is -0.241. The van der Waals surface area contributed by atoms with Crippen molar-refractivity contribution in [2.24, 2.45) is 5.73 Å². The Labute approximate surface area is 118 Å². The molecule has 106 valence electrons. The molecule has 0 heterocycles. The van der Waals surface area contributed by atoms with Gasteiger partial charge in [0, 0.05) is 30.5 Å². The highest BCUT2D eigenvalue weighted by Crippen LogP contribution is 2.31. The lowest BCUT2D eigenvalue weighted by Gasteiger charge is -2.26. The maximum atomic E-state index is 13.1. The van der Waals surface area contributed by atoms with E-state index >= 15 is 0 Å². The Balaban J connectivity index is 2.47. The summed E-state index contributed by atoms with van der Waals surface area (Å²) in [5.41, 5.74) is 8.75. The molecule has 2 N–H and O–H groups in total. The number of methoxy groups -OCH3 is 1. The summed E-state index contributed by atoms with van der Waals surface area (Å²) in [5, 5.41) is 0. The lowest BCUT2D eigenvalue weighted by molar-refractivity contribution is 0.414. The standard InChI is InChI=1S/C16H19FN2O/c1-3-19(14-7-5-13(17)6-8-14)16-10-15(20-2)9-4-12(16)11-18/h4-10H,3,11,18H2,1-2H3. The fourth-order valence-corrected chi connectivity index (χ4v) is 2.21. The molecule has 0 aliphatic heterocycles. The molecule has 3 nitrogen and oxygen atoms in total. The molecule has 2 aromatic rings. The van der Waals surface area contributed by atoms with Crippen LogP contribution in [0.5, 0.6) is 5.75 Å². The zero-order chi connectivity index (χ0) is 14.5. The van der Waals surface area contributed by atoms with Crippen LogP contribution in [0.15, 0.2) is 42.5 Å². The van der Waals surface area contributed by atoms with E-state index in [2.05, 4.69) is 4.90 Å². The van der Waals surface area contributed by atoms with Gasteiger partial charge in [-0.1, -0.05) is 6.07 Å². The van der Waals surface area contributed by atoms with Gasteiger partial charge in [-0.3, -0.25) is 0 Å². The molecule has 2 rings (SSSR count). The van der Waals surface area contributed by atoms with Gasteiger partial charge in [0.2, 0.25) is 0 Å². The molecule has 0 aliphatic carbocycles. The molecule has 4 heteroatoms. The van der Waals surface area contributed by atoms with Crippen LogP contribution in [0, 0.1) is 5.82 Å². The van der Waals surface area contributed by atoms with E-state index in [0.29, 0.717) is 6.54 Å². The number of benzene rings is 2. The summed E-state index contributed by atoms with van der Waals surface area (Å²) in [6.07, 6.45) is 0. The van der Waals surface area contributed by atoms with E-state index in [9.17, 15) is 4.39 Å². The van der Waals surface area contributed by atoms with Crippen molar-refractivity contribution in [2.75, 3.05) is 18.6 Å². The van der Waals surface area contributed by atoms with Crippen molar-refractivity contribution < 1.29 is 9.13 Å². The van der Waals surface area contributed by atoms with Crippen LogP contribution in [0.2, 0.25) is 0 Å². The summed E-state index contributed by atoms with van der Waals surface area (Å²) in [4.78, 5) is 2.09. The topological polar surface area (TPSA) is 38.5 Å². The number of ether oxygens (including phenoxy) is 1. The van der Waals surface area contributed by atoms with Gasteiger partial charge < -0.3 is 15.4 Å². The zero-order valence-electron chi connectivity index (χ0n) is 11.8. The molecule has 0 atom stereocenters. The zero-order valence-corrected chi connectivity index (χ0v) is 11.8. The van der Waals surface area contributed by atoms with Crippen LogP contribution >= 0.6 is 0 Å². The molecule has 0 aromatic heterocycles. The third-order valence-electron chi connectivity index (χ3n) is 3.26. The molecule has 2 aromatic carbocycles. The highest BCUT2D eigenvalue weighted by atomic mass is 19.1. The molecule has 20 heavy (non-hydrogen) atoms. The van der Waals surface area contributed by atoms with E-state index in [1.807, 2.05) is 25.1 Å². The lowest BCUT2D eigenvalue weighted by Crippen LogP contribution is -2.18. The Morgan fingerprint density at radius 3 is 2.40 bits per heavy atom. The van der Waals surface area contributed by atoms with Gasteiger partial charge in [-0.15, -0.1) is 0 Å². The summed E-state index contributed by atoms with van der Waals surface area (Å²) in [5.74, 6) is 0.534. The number of anilines is 2. The molecular formula is C16H19FN2O. The second-order valence-corrected chi connectivity index (χ2v) is 4.42. The summed E-state index contributed by atoms with van der Waals surface area (Å²) < 4.78 is 18.3. The molecule has 0 unspecified atom stereocenters. The van der Waals surface area contributed by atoms with Crippen LogP contribution in [0.25, 0.3) is 0 Å². The molecule has 0 saturated heterocycles. The first-order valence-corrected chi connectivity index (χ1v) is 6.59. The smallest absolute Gasteiger partial charge is 0.123 e. The fraction of sp³-hybridized carbons (Fsp3) is 0.250. The van der Waals surface area contributed by atoms with E-state index in [1.165, 1.54) is 12.1 Å². The third kappa shape index (κ3) is 2.91.